The lowest BCUT2D eigenvalue weighted by Gasteiger charge is -2.11. The van der Waals surface area contributed by atoms with Crippen LogP contribution >= 0.6 is 35.3 Å². The Morgan fingerprint density at radius 1 is 1.19 bits per heavy atom. The zero-order valence-corrected chi connectivity index (χ0v) is 18.5. The molecule has 0 bridgehead atoms. The van der Waals surface area contributed by atoms with Gasteiger partial charge in [0.15, 0.2) is 5.96 Å². The minimum Gasteiger partial charge on any atom is -0.357 e. The highest BCUT2D eigenvalue weighted by molar-refractivity contribution is 14.0. The molecule has 0 saturated carbocycles. The number of amides is 1. The van der Waals surface area contributed by atoms with Crippen molar-refractivity contribution in [2.75, 3.05) is 19.6 Å². The van der Waals surface area contributed by atoms with Crippen LogP contribution in [0.2, 0.25) is 0 Å². The summed E-state index contributed by atoms with van der Waals surface area (Å²) in [5.74, 6) is 0.658. The largest absolute Gasteiger partial charge is 0.357 e. The zero-order valence-electron chi connectivity index (χ0n) is 15.3. The third kappa shape index (κ3) is 7.69. The standard InChI is InChI=1S/C18H25N5OS.HI/c1-4-19-18(23-12-16-22-11-14(3)25-16)21-9-8-20-17(24)15-7-5-6-13(2)10-15;/h5-7,10-11H,4,8-9,12H2,1-3H3,(H,20,24)(H2,19,21,23);1H. The molecule has 0 aliphatic rings. The fourth-order valence-corrected chi connectivity index (χ4v) is 2.92. The van der Waals surface area contributed by atoms with Gasteiger partial charge in [-0.1, -0.05) is 17.7 Å². The van der Waals surface area contributed by atoms with Gasteiger partial charge in [-0.3, -0.25) is 4.79 Å². The number of aliphatic imine (C=N–C) groups is 1. The first-order valence-corrected chi connectivity index (χ1v) is 9.18. The van der Waals surface area contributed by atoms with E-state index in [1.165, 1.54) is 4.88 Å². The lowest BCUT2D eigenvalue weighted by molar-refractivity contribution is 0.0954. The maximum absolute atomic E-state index is 12.1. The molecule has 0 aliphatic carbocycles. The fourth-order valence-electron chi connectivity index (χ4n) is 2.21. The molecule has 2 rings (SSSR count). The second-order valence-electron chi connectivity index (χ2n) is 5.61. The zero-order chi connectivity index (χ0) is 18.1. The van der Waals surface area contributed by atoms with Crippen molar-refractivity contribution in [1.29, 1.82) is 0 Å². The molecule has 1 heterocycles. The van der Waals surface area contributed by atoms with E-state index < -0.39 is 0 Å². The number of aryl methyl sites for hydroxylation is 2. The van der Waals surface area contributed by atoms with Crippen LogP contribution in [0.1, 0.15) is 32.7 Å². The van der Waals surface area contributed by atoms with Crippen molar-refractivity contribution in [2.45, 2.75) is 27.3 Å². The molecular formula is C18H26IN5OS. The monoisotopic (exact) mass is 487 g/mol. The molecule has 142 valence electrons. The van der Waals surface area contributed by atoms with E-state index in [4.69, 9.17) is 0 Å². The van der Waals surface area contributed by atoms with E-state index in [2.05, 4.69) is 25.9 Å². The van der Waals surface area contributed by atoms with Crippen molar-refractivity contribution in [2.24, 2.45) is 4.99 Å². The number of benzene rings is 1. The average Bonchev–Trinajstić information content (AvgIpc) is 3.01. The summed E-state index contributed by atoms with van der Waals surface area (Å²) in [5.41, 5.74) is 1.75. The lowest BCUT2D eigenvalue weighted by atomic mass is 10.1. The van der Waals surface area contributed by atoms with Gasteiger partial charge >= 0.3 is 0 Å². The van der Waals surface area contributed by atoms with Gasteiger partial charge in [0.1, 0.15) is 5.01 Å². The molecule has 3 N–H and O–H groups in total. The van der Waals surface area contributed by atoms with Gasteiger partial charge in [-0.15, -0.1) is 35.3 Å². The molecule has 0 fully saturated rings. The third-order valence-corrected chi connectivity index (χ3v) is 4.27. The Morgan fingerprint density at radius 2 is 1.96 bits per heavy atom. The van der Waals surface area contributed by atoms with Gasteiger partial charge in [0, 0.05) is 36.3 Å². The Morgan fingerprint density at radius 3 is 2.62 bits per heavy atom. The minimum atomic E-state index is -0.0642. The Kier molecular flexibility index (Phi) is 10.2. The number of thiazole rings is 1. The van der Waals surface area contributed by atoms with E-state index in [1.54, 1.807) is 11.3 Å². The molecule has 26 heavy (non-hydrogen) atoms. The van der Waals surface area contributed by atoms with E-state index in [0.717, 1.165) is 23.1 Å². The maximum Gasteiger partial charge on any atom is 0.251 e. The van der Waals surface area contributed by atoms with Crippen LogP contribution in [0.3, 0.4) is 0 Å². The minimum absolute atomic E-state index is 0. The summed E-state index contributed by atoms with van der Waals surface area (Å²) >= 11 is 1.65. The van der Waals surface area contributed by atoms with Crippen molar-refractivity contribution in [3.8, 4) is 0 Å². The van der Waals surface area contributed by atoms with E-state index in [-0.39, 0.29) is 29.9 Å². The highest BCUT2D eigenvalue weighted by atomic mass is 127. The molecule has 2 aromatic rings. The molecule has 1 amide bonds. The first-order valence-electron chi connectivity index (χ1n) is 8.37. The summed E-state index contributed by atoms with van der Waals surface area (Å²) in [7, 11) is 0. The summed E-state index contributed by atoms with van der Waals surface area (Å²) in [6.07, 6.45) is 1.86. The Balaban J connectivity index is 0.00000338. The van der Waals surface area contributed by atoms with Crippen molar-refractivity contribution in [3.63, 3.8) is 0 Å². The number of nitrogens with one attached hydrogen (secondary N) is 3. The molecule has 0 spiro atoms. The second-order valence-corrected chi connectivity index (χ2v) is 6.93. The van der Waals surface area contributed by atoms with Gasteiger partial charge in [-0.2, -0.15) is 0 Å². The molecule has 0 unspecified atom stereocenters. The lowest BCUT2D eigenvalue weighted by Crippen LogP contribution is -2.41. The molecule has 0 radical (unpaired) electrons. The summed E-state index contributed by atoms with van der Waals surface area (Å²) in [6, 6.07) is 7.56. The molecule has 0 saturated heterocycles. The number of rotatable bonds is 7. The van der Waals surface area contributed by atoms with E-state index >= 15 is 0 Å². The molecular weight excluding hydrogens is 461 g/mol. The highest BCUT2D eigenvalue weighted by Crippen LogP contribution is 2.11. The summed E-state index contributed by atoms with van der Waals surface area (Å²) < 4.78 is 0. The SMILES string of the molecule is CCNC(=NCc1ncc(C)s1)NCCNC(=O)c1cccc(C)c1.I. The second kappa shape index (κ2) is 11.8. The number of halogens is 1. The Hall–Kier alpha value is -1.68. The summed E-state index contributed by atoms with van der Waals surface area (Å²) in [5, 5.41) is 10.3. The van der Waals surface area contributed by atoms with E-state index in [9.17, 15) is 4.79 Å². The van der Waals surface area contributed by atoms with Gasteiger partial charge in [-0.25, -0.2) is 9.98 Å². The van der Waals surface area contributed by atoms with Gasteiger partial charge in [-0.05, 0) is 32.9 Å². The van der Waals surface area contributed by atoms with Crippen LogP contribution in [-0.4, -0.2) is 36.5 Å². The first-order chi connectivity index (χ1) is 12.1. The Labute approximate surface area is 175 Å². The van der Waals surface area contributed by atoms with Crippen LogP contribution in [0.25, 0.3) is 0 Å². The van der Waals surface area contributed by atoms with Gasteiger partial charge in [0.25, 0.3) is 5.91 Å². The van der Waals surface area contributed by atoms with Crippen molar-refractivity contribution < 1.29 is 4.79 Å². The van der Waals surface area contributed by atoms with Gasteiger partial charge in [0.05, 0.1) is 6.54 Å². The maximum atomic E-state index is 12.1. The number of nitrogens with zero attached hydrogens (tertiary/aromatic N) is 2. The van der Waals surface area contributed by atoms with Crippen molar-refractivity contribution >= 4 is 47.2 Å². The summed E-state index contributed by atoms with van der Waals surface area (Å²) in [6.45, 7) is 8.46. The molecule has 1 aromatic heterocycles. The number of aromatic nitrogens is 1. The van der Waals surface area contributed by atoms with Gasteiger partial charge in [0.2, 0.25) is 0 Å². The van der Waals surface area contributed by atoms with Crippen LogP contribution in [-0.2, 0) is 6.54 Å². The first kappa shape index (κ1) is 22.4. The predicted molar refractivity (Wildman–Crippen MR) is 119 cm³/mol. The number of hydrogen-bond acceptors (Lipinski definition) is 4. The molecule has 1 aromatic carbocycles. The molecule has 6 nitrogen and oxygen atoms in total. The number of carbonyl (C=O) groups excluding carboxylic acids is 1. The van der Waals surface area contributed by atoms with Crippen LogP contribution in [0.15, 0.2) is 35.5 Å². The summed E-state index contributed by atoms with van der Waals surface area (Å²) in [4.78, 5) is 22.1. The van der Waals surface area contributed by atoms with Crippen molar-refractivity contribution in [1.82, 2.24) is 20.9 Å². The highest BCUT2D eigenvalue weighted by Gasteiger charge is 2.05. The smallest absolute Gasteiger partial charge is 0.251 e. The average molecular weight is 487 g/mol. The molecule has 8 heteroatoms. The van der Waals surface area contributed by atoms with Crippen LogP contribution in [0.4, 0.5) is 0 Å². The van der Waals surface area contributed by atoms with Crippen LogP contribution < -0.4 is 16.0 Å². The van der Waals surface area contributed by atoms with Crippen LogP contribution in [0, 0.1) is 13.8 Å². The number of carbonyl (C=O) groups is 1. The number of hydrogen-bond donors (Lipinski definition) is 3. The van der Waals surface area contributed by atoms with E-state index in [1.807, 2.05) is 51.2 Å². The fraction of sp³-hybridized carbons (Fsp3) is 0.389. The normalized spacial score (nSPS) is 10.8. The predicted octanol–water partition coefficient (Wildman–Crippen LogP) is 2.86. The van der Waals surface area contributed by atoms with Crippen LogP contribution in [0.5, 0.6) is 0 Å². The topological polar surface area (TPSA) is 78.4 Å². The Bertz CT molecular complexity index is 732. The molecule has 0 atom stereocenters. The van der Waals surface area contributed by atoms with E-state index in [0.29, 0.717) is 25.2 Å². The van der Waals surface area contributed by atoms with Crippen molar-refractivity contribution in [3.05, 3.63) is 51.5 Å². The quantitative estimate of drug-likeness (QED) is 0.243. The third-order valence-electron chi connectivity index (χ3n) is 3.37. The number of guanidine groups is 1. The molecule has 0 aliphatic heterocycles. The van der Waals surface area contributed by atoms with Gasteiger partial charge < -0.3 is 16.0 Å².